The summed E-state index contributed by atoms with van der Waals surface area (Å²) in [5.74, 6) is 0.761. The summed E-state index contributed by atoms with van der Waals surface area (Å²) in [5, 5.41) is 0. The Morgan fingerprint density at radius 1 is 1.33 bits per heavy atom. The Hall–Kier alpha value is -1.06. The van der Waals surface area contributed by atoms with Crippen LogP contribution in [-0.2, 0) is 11.3 Å². The highest BCUT2D eigenvalue weighted by molar-refractivity contribution is 5.53. The van der Waals surface area contributed by atoms with Crippen LogP contribution in [-0.4, -0.2) is 26.8 Å². The monoisotopic (exact) mass is 248 g/mol. The van der Waals surface area contributed by atoms with Crippen molar-refractivity contribution in [2.75, 3.05) is 31.7 Å². The van der Waals surface area contributed by atoms with E-state index in [2.05, 4.69) is 37.1 Å². The van der Waals surface area contributed by atoms with Gasteiger partial charge in [-0.25, -0.2) is 0 Å². The molecule has 18 heavy (non-hydrogen) atoms. The van der Waals surface area contributed by atoms with E-state index in [9.17, 15) is 0 Å². The third kappa shape index (κ3) is 3.24. The summed E-state index contributed by atoms with van der Waals surface area (Å²) in [6, 6.07) is 6.51. The lowest BCUT2D eigenvalue weighted by Crippen LogP contribution is -2.29. The Bertz CT molecular complexity index is 386. The minimum atomic E-state index is 0.616. The number of anilines is 1. The molecule has 1 aromatic rings. The van der Waals surface area contributed by atoms with Crippen LogP contribution in [0.2, 0.25) is 0 Å². The van der Waals surface area contributed by atoms with Crippen molar-refractivity contribution >= 4 is 5.69 Å². The van der Waals surface area contributed by atoms with Gasteiger partial charge >= 0.3 is 0 Å². The number of benzene rings is 1. The maximum atomic E-state index is 5.67. The molecule has 3 nitrogen and oxygen atoms in total. The van der Waals surface area contributed by atoms with E-state index in [4.69, 9.17) is 10.5 Å². The first-order valence-corrected chi connectivity index (χ1v) is 6.79. The van der Waals surface area contributed by atoms with Crippen LogP contribution in [0.3, 0.4) is 0 Å². The number of nitrogens with zero attached hydrogens (tertiary/aromatic N) is 1. The molecular weight excluding hydrogens is 224 g/mol. The fraction of sp³-hybridized carbons (Fsp3) is 0.600. The molecule has 0 radical (unpaired) electrons. The van der Waals surface area contributed by atoms with Crippen LogP contribution < -0.4 is 10.6 Å². The SMILES string of the molecule is Cc1cc(CN)ccc1N(C)CC1CCOCC1. The number of ether oxygens (including phenoxy) is 1. The van der Waals surface area contributed by atoms with E-state index >= 15 is 0 Å². The number of aryl methyl sites for hydroxylation is 1. The lowest BCUT2D eigenvalue weighted by atomic mass is 9.99. The Labute approximate surface area is 110 Å². The highest BCUT2D eigenvalue weighted by Crippen LogP contribution is 2.23. The summed E-state index contributed by atoms with van der Waals surface area (Å²) < 4.78 is 5.41. The van der Waals surface area contributed by atoms with Gasteiger partial charge in [-0.05, 0) is 42.9 Å². The van der Waals surface area contributed by atoms with Crippen LogP contribution in [0, 0.1) is 12.8 Å². The van der Waals surface area contributed by atoms with Crippen LogP contribution >= 0.6 is 0 Å². The minimum absolute atomic E-state index is 0.616. The molecule has 0 bridgehead atoms. The molecule has 1 fully saturated rings. The standard InChI is InChI=1S/C15H24N2O/c1-12-9-14(10-16)3-4-15(12)17(2)11-13-5-7-18-8-6-13/h3-4,9,13H,5-8,10-11,16H2,1-2H3. The predicted molar refractivity (Wildman–Crippen MR) is 75.9 cm³/mol. The molecule has 2 rings (SSSR count). The molecule has 100 valence electrons. The third-order valence-corrected chi connectivity index (χ3v) is 3.78. The van der Waals surface area contributed by atoms with Crippen molar-refractivity contribution in [3.05, 3.63) is 29.3 Å². The highest BCUT2D eigenvalue weighted by atomic mass is 16.5. The first-order chi connectivity index (χ1) is 8.70. The Balaban J connectivity index is 2.01. The first kappa shape index (κ1) is 13.4. The summed E-state index contributed by atoms with van der Waals surface area (Å²) in [6.45, 7) is 5.74. The minimum Gasteiger partial charge on any atom is -0.381 e. The normalized spacial score (nSPS) is 16.8. The molecule has 2 N–H and O–H groups in total. The van der Waals surface area contributed by atoms with E-state index in [-0.39, 0.29) is 0 Å². The number of hydrogen-bond donors (Lipinski definition) is 1. The molecule has 0 aliphatic carbocycles. The molecule has 3 heteroatoms. The zero-order chi connectivity index (χ0) is 13.0. The van der Waals surface area contributed by atoms with Gasteiger partial charge in [-0.15, -0.1) is 0 Å². The van der Waals surface area contributed by atoms with E-state index in [0.29, 0.717) is 6.54 Å². The fourth-order valence-corrected chi connectivity index (χ4v) is 2.69. The summed E-state index contributed by atoms with van der Waals surface area (Å²) in [6.07, 6.45) is 2.37. The molecule has 0 saturated carbocycles. The first-order valence-electron chi connectivity index (χ1n) is 6.79. The van der Waals surface area contributed by atoms with Crippen molar-refractivity contribution in [1.82, 2.24) is 0 Å². The van der Waals surface area contributed by atoms with Crippen LogP contribution in [0.25, 0.3) is 0 Å². The molecule has 1 aliphatic rings. The summed E-state index contributed by atoms with van der Waals surface area (Å²) in [7, 11) is 2.18. The number of hydrogen-bond acceptors (Lipinski definition) is 3. The topological polar surface area (TPSA) is 38.5 Å². The maximum absolute atomic E-state index is 5.67. The third-order valence-electron chi connectivity index (χ3n) is 3.78. The smallest absolute Gasteiger partial charge is 0.0469 e. The average molecular weight is 248 g/mol. The Kier molecular flexibility index (Phi) is 4.61. The molecular formula is C15H24N2O. The van der Waals surface area contributed by atoms with Gasteiger partial charge in [0.1, 0.15) is 0 Å². The Morgan fingerprint density at radius 3 is 2.67 bits per heavy atom. The molecule has 1 saturated heterocycles. The van der Waals surface area contributed by atoms with Crippen molar-refractivity contribution in [3.63, 3.8) is 0 Å². The quantitative estimate of drug-likeness (QED) is 0.888. The van der Waals surface area contributed by atoms with Gasteiger partial charge < -0.3 is 15.4 Å². The largest absolute Gasteiger partial charge is 0.381 e. The van der Waals surface area contributed by atoms with Gasteiger partial charge in [-0.2, -0.15) is 0 Å². The average Bonchev–Trinajstić information content (AvgIpc) is 2.39. The van der Waals surface area contributed by atoms with Crippen LogP contribution in [0.1, 0.15) is 24.0 Å². The zero-order valence-corrected chi connectivity index (χ0v) is 11.5. The van der Waals surface area contributed by atoms with Crippen molar-refractivity contribution in [2.45, 2.75) is 26.3 Å². The molecule has 1 aromatic carbocycles. The van der Waals surface area contributed by atoms with E-state index in [0.717, 1.165) is 25.7 Å². The Morgan fingerprint density at radius 2 is 2.06 bits per heavy atom. The van der Waals surface area contributed by atoms with Crippen LogP contribution in [0.15, 0.2) is 18.2 Å². The van der Waals surface area contributed by atoms with Crippen molar-refractivity contribution < 1.29 is 4.74 Å². The zero-order valence-electron chi connectivity index (χ0n) is 11.5. The van der Waals surface area contributed by atoms with Gasteiger partial charge in [0.2, 0.25) is 0 Å². The van der Waals surface area contributed by atoms with E-state index in [1.807, 2.05) is 0 Å². The maximum Gasteiger partial charge on any atom is 0.0469 e. The summed E-state index contributed by atoms with van der Waals surface area (Å²) in [5.41, 5.74) is 9.50. The van der Waals surface area contributed by atoms with Gasteiger partial charge in [0, 0.05) is 39.0 Å². The fourth-order valence-electron chi connectivity index (χ4n) is 2.69. The van der Waals surface area contributed by atoms with Crippen LogP contribution in [0.5, 0.6) is 0 Å². The van der Waals surface area contributed by atoms with Crippen molar-refractivity contribution in [2.24, 2.45) is 11.7 Å². The molecule has 0 unspecified atom stereocenters. The van der Waals surface area contributed by atoms with Gasteiger partial charge in [0.05, 0.1) is 0 Å². The second-order valence-corrected chi connectivity index (χ2v) is 5.26. The molecule has 0 aromatic heterocycles. The van der Waals surface area contributed by atoms with Gasteiger partial charge in [-0.3, -0.25) is 0 Å². The van der Waals surface area contributed by atoms with Crippen molar-refractivity contribution in [1.29, 1.82) is 0 Å². The van der Waals surface area contributed by atoms with Crippen LogP contribution in [0.4, 0.5) is 5.69 Å². The lowest BCUT2D eigenvalue weighted by molar-refractivity contribution is 0.0685. The molecule has 0 spiro atoms. The number of rotatable bonds is 4. The molecule has 0 amide bonds. The van der Waals surface area contributed by atoms with Crippen molar-refractivity contribution in [3.8, 4) is 0 Å². The van der Waals surface area contributed by atoms with E-state index < -0.39 is 0 Å². The molecule has 1 heterocycles. The van der Waals surface area contributed by atoms with Gasteiger partial charge in [0.25, 0.3) is 0 Å². The van der Waals surface area contributed by atoms with E-state index in [1.54, 1.807) is 0 Å². The summed E-state index contributed by atoms with van der Waals surface area (Å²) in [4.78, 5) is 2.37. The summed E-state index contributed by atoms with van der Waals surface area (Å²) >= 11 is 0. The van der Waals surface area contributed by atoms with Gasteiger partial charge in [0.15, 0.2) is 0 Å². The lowest BCUT2D eigenvalue weighted by Gasteiger charge is -2.29. The molecule has 1 aliphatic heterocycles. The second kappa shape index (κ2) is 6.21. The molecule has 0 atom stereocenters. The number of nitrogens with two attached hydrogens (primary N) is 1. The van der Waals surface area contributed by atoms with Gasteiger partial charge in [-0.1, -0.05) is 12.1 Å². The predicted octanol–water partition coefficient (Wildman–Crippen LogP) is 2.32. The highest BCUT2D eigenvalue weighted by Gasteiger charge is 2.16. The van der Waals surface area contributed by atoms with E-state index in [1.165, 1.54) is 29.7 Å². The second-order valence-electron chi connectivity index (χ2n) is 5.26.